The van der Waals surface area contributed by atoms with E-state index in [-0.39, 0.29) is 11.7 Å². The lowest BCUT2D eigenvalue weighted by Gasteiger charge is -2.31. The molecule has 1 saturated heterocycles. The molecule has 2 heterocycles. The van der Waals surface area contributed by atoms with E-state index in [1.54, 1.807) is 30.8 Å². The largest absolute Gasteiger partial charge is 0.383 e. The molecule has 1 aromatic heterocycles. The van der Waals surface area contributed by atoms with Gasteiger partial charge in [0.2, 0.25) is 0 Å². The lowest BCUT2D eigenvalue weighted by Crippen LogP contribution is -2.40. The zero-order chi connectivity index (χ0) is 19.2. The number of rotatable bonds is 7. The van der Waals surface area contributed by atoms with Gasteiger partial charge in [0.05, 0.1) is 18.0 Å². The van der Waals surface area contributed by atoms with Crippen LogP contribution in [0.1, 0.15) is 29.0 Å². The SMILES string of the molecule is COCCN1CCC(CNC(=O)c2nnn(-c3ccc(F)cc3)c2C)CC1. The maximum atomic E-state index is 13.1. The highest BCUT2D eigenvalue weighted by Crippen LogP contribution is 2.17. The van der Waals surface area contributed by atoms with Gasteiger partial charge in [-0.15, -0.1) is 5.10 Å². The minimum atomic E-state index is -0.317. The molecular weight excluding hydrogens is 349 g/mol. The van der Waals surface area contributed by atoms with E-state index >= 15 is 0 Å². The number of piperidine rings is 1. The number of ether oxygens (including phenoxy) is 1. The van der Waals surface area contributed by atoms with Gasteiger partial charge in [-0.05, 0) is 63.0 Å². The van der Waals surface area contributed by atoms with Crippen molar-refractivity contribution in [2.24, 2.45) is 5.92 Å². The van der Waals surface area contributed by atoms with Gasteiger partial charge in [0.25, 0.3) is 5.91 Å². The average Bonchev–Trinajstić information content (AvgIpc) is 3.07. The second kappa shape index (κ2) is 9.05. The minimum absolute atomic E-state index is 0.220. The molecule has 8 heteroatoms. The van der Waals surface area contributed by atoms with Gasteiger partial charge in [0.1, 0.15) is 5.82 Å². The Hall–Kier alpha value is -2.32. The maximum Gasteiger partial charge on any atom is 0.273 e. The number of benzene rings is 1. The molecule has 1 N–H and O–H groups in total. The van der Waals surface area contributed by atoms with E-state index in [0.717, 1.165) is 39.1 Å². The molecule has 2 aromatic rings. The summed E-state index contributed by atoms with van der Waals surface area (Å²) >= 11 is 0. The third-order valence-electron chi connectivity index (χ3n) is 5.05. The quantitative estimate of drug-likeness (QED) is 0.799. The molecule has 0 spiro atoms. The summed E-state index contributed by atoms with van der Waals surface area (Å²) in [4.78, 5) is 14.9. The summed E-state index contributed by atoms with van der Waals surface area (Å²) in [6.07, 6.45) is 2.12. The fourth-order valence-electron chi connectivity index (χ4n) is 3.32. The molecule has 7 nitrogen and oxygen atoms in total. The van der Waals surface area contributed by atoms with E-state index in [1.165, 1.54) is 12.1 Å². The lowest BCUT2D eigenvalue weighted by molar-refractivity contribution is 0.0920. The number of aromatic nitrogens is 3. The molecule has 1 amide bonds. The summed E-state index contributed by atoms with van der Waals surface area (Å²) in [6, 6.07) is 5.93. The first-order valence-corrected chi connectivity index (χ1v) is 9.26. The molecule has 1 aromatic carbocycles. The van der Waals surface area contributed by atoms with Crippen molar-refractivity contribution in [3.05, 3.63) is 41.5 Å². The Bertz CT molecular complexity index is 754. The number of methoxy groups -OCH3 is 1. The second-order valence-electron chi connectivity index (χ2n) is 6.90. The predicted molar refractivity (Wildman–Crippen MR) is 99.4 cm³/mol. The van der Waals surface area contributed by atoms with E-state index in [1.807, 2.05) is 0 Å². The smallest absolute Gasteiger partial charge is 0.273 e. The monoisotopic (exact) mass is 375 g/mol. The number of carbonyl (C=O) groups is 1. The van der Waals surface area contributed by atoms with Crippen molar-refractivity contribution in [1.29, 1.82) is 0 Å². The maximum absolute atomic E-state index is 13.1. The first-order chi connectivity index (χ1) is 13.1. The lowest BCUT2D eigenvalue weighted by atomic mass is 9.97. The van der Waals surface area contributed by atoms with Crippen LogP contribution in [0.4, 0.5) is 4.39 Å². The first kappa shape index (κ1) is 19.4. The number of carbonyl (C=O) groups excluding carboxylic acids is 1. The van der Waals surface area contributed by atoms with Crippen LogP contribution in [0.2, 0.25) is 0 Å². The molecule has 3 rings (SSSR count). The van der Waals surface area contributed by atoms with Gasteiger partial charge in [0.15, 0.2) is 5.69 Å². The molecule has 1 fully saturated rings. The molecule has 0 bridgehead atoms. The molecular formula is C19H26FN5O2. The van der Waals surface area contributed by atoms with Crippen LogP contribution in [-0.4, -0.2) is 65.7 Å². The summed E-state index contributed by atoms with van der Waals surface area (Å²) in [7, 11) is 1.72. The van der Waals surface area contributed by atoms with Crippen LogP contribution in [0.25, 0.3) is 5.69 Å². The van der Waals surface area contributed by atoms with Crippen LogP contribution in [0.3, 0.4) is 0 Å². The highest BCUT2D eigenvalue weighted by molar-refractivity contribution is 5.93. The molecule has 27 heavy (non-hydrogen) atoms. The van der Waals surface area contributed by atoms with Crippen LogP contribution in [0.15, 0.2) is 24.3 Å². The van der Waals surface area contributed by atoms with E-state index in [2.05, 4.69) is 20.5 Å². The van der Waals surface area contributed by atoms with Crippen LogP contribution < -0.4 is 5.32 Å². The highest BCUT2D eigenvalue weighted by Gasteiger charge is 2.22. The van der Waals surface area contributed by atoms with Gasteiger partial charge in [-0.2, -0.15) is 0 Å². The second-order valence-corrected chi connectivity index (χ2v) is 6.90. The van der Waals surface area contributed by atoms with Gasteiger partial charge in [0, 0.05) is 20.2 Å². The summed E-state index contributed by atoms with van der Waals surface area (Å²) in [6.45, 7) is 6.20. The van der Waals surface area contributed by atoms with E-state index < -0.39 is 0 Å². The number of likely N-dealkylation sites (tertiary alicyclic amines) is 1. The van der Waals surface area contributed by atoms with Gasteiger partial charge in [-0.25, -0.2) is 9.07 Å². The Morgan fingerprint density at radius 3 is 2.67 bits per heavy atom. The summed E-state index contributed by atoms with van der Waals surface area (Å²) in [5.74, 6) is -0.0642. The molecule has 0 radical (unpaired) electrons. The van der Waals surface area contributed by atoms with Crippen LogP contribution in [-0.2, 0) is 4.74 Å². The van der Waals surface area contributed by atoms with Gasteiger partial charge >= 0.3 is 0 Å². The van der Waals surface area contributed by atoms with Crippen molar-refractivity contribution in [2.75, 3.05) is 39.9 Å². The van der Waals surface area contributed by atoms with Crippen molar-refractivity contribution >= 4 is 5.91 Å². The Labute approximate surface area is 158 Å². The number of hydrogen-bond acceptors (Lipinski definition) is 5. The zero-order valence-electron chi connectivity index (χ0n) is 15.8. The summed E-state index contributed by atoms with van der Waals surface area (Å²) < 4.78 is 19.7. The Balaban J connectivity index is 1.53. The third-order valence-corrected chi connectivity index (χ3v) is 5.05. The molecule has 0 atom stereocenters. The van der Waals surface area contributed by atoms with Crippen molar-refractivity contribution in [2.45, 2.75) is 19.8 Å². The fourth-order valence-corrected chi connectivity index (χ4v) is 3.32. The van der Waals surface area contributed by atoms with Gasteiger partial charge in [-0.1, -0.05) is 5.21 Å². The minimum Gasteiger partial charge on any atom is -0.383 e. The number of hydrogen-bond donors (Lipinski definition) is 1. The molecule has 146 valence electrons. The molecule has 0 saturated carbocycles. The van der Waals surface area contributed by atoms with Crippen molar-refractivity contribution in [1.82, 2.24) is 25.2 Å². The van der Waals surface area contributed by atoms with E-state index in [0.29, 0.717) is 29.5 Å². The number of amides is 1. The third kappa shape index (κ3) is 4.90. The topological polar surface area (TPSA) is 72.3 Å². The summed E-state index contributed by atoms with van der Waals surface area (Å²) in [5.41, 5.74) is 1.61. The number of nitrogens with one attached hydrogen (secondary N) is 1. The van der Waals surface area contributed by atoms with Gasteiger partial charge in [-0.3, -0.25) is 4.79 Å². The summed E-state index contributed by atoms with van der Waals surface area (Å²) in [5, 5.41) is 11.0. The fraction of sp³-hybridized carbons (Fsp3) is 0.526. The van der Waals surface area contributed by atoms with Crippen LogP contribution >= 0.6 is 0 Å². The highest BCUT2D eigenvalue weighted by atomic mass is 19.1. The number of nitrogens with zero attached hydrogens (tertiary/aromatic N) is 4. The van der Waals surface area contributed by atoms with Gasteiger partial charge < -0.3 is 15.0 Å². The normalized spacial score (nSPS) is 15.8. The Morgan fingerprint density at radius 1 is 1.30 bits per heavy atom. The van der Waals surface area contributed by atoms with Crippen molar-refractivity contribution < 1.29 is 13.9 Å². The molecule has 1 aliphatic rings. The average molecular weight is 375 g/mol. The van der Waals surface area contributed by atoms with Crippen molar-refractivity contribution in [3.8, 4) is 5.69 Å². The molecule has 0 unspecified atom stereocenters. The standard InChI is InChI=1S/C19H26FN5O2/c1-14-18(22-23-25(14)17-5-3-16(20)4-6-17)19(26)21-13-15-7-9-24(10-8-15)11-12-27-2/h3-6,15H,7-13H2,1-2H3,(H,21,26). The Kier molecular flexibility index (Phi) is 6.52. The van der Waals surface area contributed by atoms with Crippen LogP contribution in [0, 0.1) is 18.7 Å². The van der Waals surface area contributed by atoms with E-state index in [9.17, 15) is 9.18 Å². The molecule has 0 aliphatic carbocycles. The van der Waals surface area contributed by atoms with Crippen molar-refractivity contribution in [3.63, 3.8) is 0 Å². The van der Waals surface area contributed by atoms with Crippen LogP contribution in [0.5, 0.6) is 0 Å². The predicted octanol–water partition coefficient (Wildman–Crippen LogP) is 1.80. The zero-order valence-corrected chi connectivity index (χ0v) is 15.8. The van der Waals surface area contributed by atoms with E-state index in [4.69, 9.17) is 4.74 Å². The molecule has 1 aliphatic heterocycles. The number of halogens is 1. The first-order valence-electron chi connectivity index (χ1n) is 9.26. The Morgan fingerprint density at radius 2 is 2.00 bits per heavy atom.